The predicted octanol–water partition coefficient (Wildman–Crippen LogP) is 14.9. The third kappa shape index (κ3) is 4.79. The Bertz CT molecular complexity index is 4220. The van der Waals surface area contributed by atoms with E-state index in [2.05, 4.69) is 6.07 Å². The first-order chi connectivity index (χ1) is 34.2. The first kappa shape index (κ1) is 16.6. The Balaban J connectivity index is 1.24. The lowest BCUT2D eigenvalue weighted by Crippen LogP contribution is -1.90. The lowest BCUT2D eigenvalue weighted by atomic mass is 9.85. The number of hydrogen-bond donors (Lipinski definition) is 0. The van der Waals surface area contributed by atoms with Crippen molar-refractivity contribution in [3.63, 3.8) is 0 Å². The number of fused-ring (bicyclic) bond motifs is 7. The molecule has 0 spiro atoms. The fraction of sp³-hybridized carbons (Fsp3) is 0. The SMILES string of the molecule is [2H]c1c([2H])c([2H])c(-c2c3c([2H])c([2H])c([2H])c([2H])c3c(-c3c([2H])c([2H])c4c([2H])c(-c5cccc6oc7cc(-c8ccc9ccccc9c8)ccc7c56)c([2H])c([2H])c4c3[2H])c3c([2H])c([2H])c([2H])c([2H])c23)c([2H])c1[2H]. The van der Waals surface area contributed by atoms with Gasteiger partial charge in [0.15, 0.2) is 0 Å². The van der Waals surface area contributed by atoms with Gasteiger partial charge in [-0.2, -0.15) is 0 Å². The molecular weight excluding hydrogens is 641 g/mol. The molecule has 0 saturated carbocycles. The van der Waals surface area contributed by atoms with Crippen LogP contribution in [-0.2, 0) is 0 Å². The molecule has 0 atom stereocenters. The second kappa shape index (κ2) is 11.8. The third-order valence-electron chi connectivity index (χ3n) is 9.60. The molecule has 11 rings (SSSR count). The van der Waals surface area contributed by atoms with Crippen LogP contribution in [0.5, 0.6) is 0 Å². The fourth-order valence-corrected chi connectivity index (χ4v) is 7.22. The standard InChI is InChI=1S/C52H32O/c1-2-12-34(13-3-1)50-43-15-6-8-17-45(43)51(46-18-9-7-16-44(46)50)41-26-24-37-30-40(25-23-38(37)31-41)42-19-10-20-48-52(42)47-28-27-39(32-49(47)53-48)36-22-21-33-11-4-5-14-35(33)29-36/h1-32H/i1D,2D,3D,6D,7D,8D,9D,12D,13D,15D,16D,17D,18D,23D,24D,25D,26D,30D,31D. The van der Waals surface area contributed by atoms with Crippen LogP contribution in [0.1, 0.15) is 26.0 Å². The maximum atomic E-state index is 9.81. The minimum Gasteiger partial charge on any atom is -0.456 e. The van der Waals surface area contributed by atoms with Gasteiger partial charge in [0, 0.05) is 10.8 Å². The van der Waals surface area contributed by atoms with E-state index in [1.165, 1.54) is 0 Å². The number of furan rings is 1. The Morgan fingerprint density at radius 3 is 1.70 bits per heavy atom. The van der Waals surface area contributed by atoms with Gasteiger partial charge in [0.05, 0.1) is 26.0 Å². The van der Waals surface area contributed by atoms with Crippen LogP contribution in [-0.4, -0.2) is 0 Å². The van der Waals surface area contributed by atoms with Gasteiger partial charge in [0.25, 0.3) is 0 Å². The van der Waals surface area contributed by atoms with Gasteiger partial charge < -0.3 is 4.42 Å². The van der Waals surface area contributed by atoms with E-state index in [1.54, 1.807) is 18.2 Å². The van der Waals surface area contributed by atoms with Gasteiger partial charge in [-0.25, -0.2) is 0 Å². The highest BCUT2D eigenvalue weighted by Gasteiger charge is 2.18. The van der Waals surface area contributed by atoms with Crippen molar-refractivity contribution < 1.29 is 30.5 Å². The summed E-state index contributed by atoms with van der Waals surface area (Å²) in [6.07, 6.45) is 0. The summed E-state index contributed by atoms with van der Waals surface area (Å²) in [6, 6.07) is 9.56. The number of hydrogen-bond acceptors (Lipinski definition) is 1. The lowest BCUT2D eigenvalue weighted by Gasteiger charge is -2.18. The first-order valence-electron chi connectivity index (χ1n) is 26.2. The summed E-state index contributed by atoms with van der Waals surface area (Å²) < 4.78 is 179. The van der Waals surface area contributed by atoms with Crippen LogP contribution in [0, 0.1) is 0 Å². The molecule has 0 aliphatic carbocycles. The molecule has 0 N–H and O–H groups in total. The summed E-state index contributed by atoms with van der Waals surface area (Å²) in [5.74, 6) is 0. The molecule has 246 valence electrons. The highest BCUT2D eigenvalue weighted by atomic mass is 16.3. The summed E-state index contributed by atoms with van der Waals surface area (Å²) in [5, 5.41) is 0.0728. The average molecular weight is 692 g/mol. The Morgan fingerprint density at radius 1 is 0.358 bits per heavy atom. The monoisotopic (exact) mass is 691 g/mol. The zero-order valence-electron chi connectivity index (χ0n) is 46.4. The van der Waals surface area contributed by atoms with E-state index in [1.807, 2.05) is 54.6 Å². The van der Waals surface area contributed by atoms with E-state index in [9.17, 15) is 13.7 Å². The van der Waals surface area contributed by atoms with Crippen molar-refractivity contribution in [3.8, 4) is 44.5 Å². The van der Waals surface area contributed by atoms with Gasteiger partial charge in [-0.3, -0.25) is 0 Å². The van der Waals surface area contributed by atoms with Crippen molar-refractivity contribution in [2.24, 2.45) is 0 Å². The molecule has 1 aromatic heterocycles. The minimum atomic E-state index is -0.871. The lowest BCUT2D eigenvalue weighted by molar-refractivity contribution is 0.669. The summed E-state index contributed by atoms with van der Waals surface area (Å²) in [4.78, 5) is 0. The van der Waals surface area contributed by atoms with Gasteiger partial charge >= 0.3 is 0 Å². The molecule has 0 fully saturated rings. The molecule has 0 unspecified atom stereocenters. The molecule has 53 heavy (non-hydrogen) atoms. The Labute approximate surface area is 333 Å². The summed E-state index contributed by atoms with van der Waals surface area (Å²) in [6.45, 7) is 0. The highest BCUT2D eigenvalue weighted by molar-refractivity contribution is 6.22. The van der Waals surface area contributed by atoms with Crippen molar-refractivity contribution in [2.45, 2.75) is 0 Å². The smallest absolute Gasteiger partial charge is 0.136 e. The van der Waals surface area contributed by atoms with Crippen LogP contribution in [0.3, 0.4) is 0 Å². The minimum absolute atomic E-state index is 0.110. The van der Waals surface area contributed by atoms with E-state index in [4.69, 9.17) is 16.8 Å². The molecule has 1 heterocycles. The van der Waals surface area contributed by atoms with Crippen LogP contribution in [0.4, 0.5) is 0 Å². The maximum absolute atomic E-state index is 9.81. The van der Waals surface area contributed by atoms with Gasteiger partial charge in [-0.05, 0) is 124 Å². The van der Waals surface area contributed by atoms with E-state index in [0.29, 0.717) is 27.5 Å². The molecule has 0 aliphatic heterocycles. The van der Waals surface area contributed by atoms with Crippen molar-refractivity contribution >= 4 is 65.0 Å². The third-order valence-corrected chi connectivity index (χ3v) is 9.60. The van der Waals surface area contributed by atoms with E-state index in [-0.39, 0.29) is 10.9 Å². The molecule has 0 saturated heterocycles. The van der Waals surface area contributed by atoms with Crippen molar-refractivity contribution in [2.75, 3.05) is 0 Å². The maximum Gasteiger partial charge on any atom is 0.136 e. The summed E-state index contributed by atoms with van der Waals surface area (Å²) >= 11 is 0. The summed E-state index contributed by atoms with van der Waals surface area (Å²) in [5.41, 5.74) is 0.452. The number of rotatable bonds is 4. The molecule has 10 aromatic carbocycles. The number of benzene rings is 10. The Hall–Kier alpha value is -6.96. The molecule has 1 nitrogen and oxygen atoms in total. The Morgan fingerprint density at radius 2 is 0.962 bits per heavy atom. The predicted molar refractivity (Wildman–Crippen MR) is 225 cm³/mol. The second-order valence-electron chi connectivity index (χ2n) is 12.6. The summed E-state index contributed by atoms with van der Waals surface area (Å²) in [7, 11) is 0. The van der Waals surface area contributed by atoms with Crippen LogP contribution >= 0.6 is 0 Å². The average Bonchev–Trinajstić information content (AvgIpc) is 3.76. The molecule has 1 heteroatoms. The fourth-order valence-electron chi connectivity index (χ4n) is 7.22. The van der Waals surface area contributed by atoms with Crippen molar-refractivity contribution in [1.82, 2.24) is 0 Å². The molecular formula is C52H32O. The first-order valence-corrected chi connectivity index (χ1v) is 16.7. The van der Waals surface area contributed by atoms with Crippen LogP contribution in [0.25, 0.3) is 110 Å². The van der Waals surface area contributed by atoms with Crippen LogP contribution in [0.15, 0.2) is 198 Å². The molecule has 0 radical (unpaired) electrons. The normalized spacial score (nSPS) is 16.8. The van der Waals surface area contributed by atoms with Gasteiger partial charge in [-0.1, -0.05) is 157 Å². The van der Waals surface area contributed by atoms with Crippen LogP contribution in [0.2, 0.25) is 0 Å². The van der Waals surface area contributed by atoms with Crippen molar-refractivity contribution in [1.29, 1.82) is 0 Å². The van der Waals surface area contributed by atoms with Gasteiger partial charge in [0.1, 0.15) is 11.2 Å². The molecule has 0 amide bonds. The van der Waals surface area contributed by atoms with Gasteiger partial charge in [-0.15, -0.1) is 0 Å². The van der Waals surface area contributed by atoms with E-state index >= 15 is 0 Å². The van der Waals surface area contributed by atoms with E-state index in [0.717, 1.165) is 21.9 Å². The topological polar surface area (TPSA) is 13.1 Å². The zero-order chi connectivity index (χ0) is 51.4. The van der Waals surface area contributed by atoms with Gasteiger partial charge in [0.2, 0.25) is 0 Å². The molecule has 0 aliphatic rings. The van der Waals surface area contributed by atoms with Crippen molar-refractivity contribution in [3.05, 3.63) is 194 Å². The van der Waals surface area contributed by atoms with E-state index < -0.39 is 164 Å². The largest absolute Gasteiger partial charge is 0.456 e. The molecule has 0 bridgehead atoms. The highest BCUT2D eigenvalue weighted by Crippen LogP contribution is 2.45. The Kier molecular flexibility index (Phi) is 3.69. The molecule has 11 aromatic rings. The second-order valence-corrected chi connectivity index (χ2v) is 12.6. The van der Waals surface area contributed by atoms with Crippen LogP contribution < -0.4 is 0 Å². The zero-order valence-corrected chi connectivity index (χ0v) is 27.4. The quantitative estimate of drug-likeness (QED) is 0.167.